The molecule has 2 aromatic heterocycles. The molecule has 4 nitrogen and oxygen atoms in total. The minimum absolute atomic E-state index is 0.888. The van der Waals surface area contributed by atoms with Crippen molar-refractivity contribution in [1.29, 1.82) is 0 Å². The number of hydrogen-bond acceptors (Lipinski definition) is 3. The Bertz CT molecular complexity index is 3020. The summed E-state index contributed by atoms with van der Waals surface area (Å²) in [6.07, 6.45) is 0. The minimum Gasteiger partial charge on any atom is -0.454 e. The second-order valence-electron chi connectivity index (χ2n) is 13.8. The minimum atomic E-state index is 0.888. The Morgan fingerprint density at radius 3 is 1.61 bits per heavy atom. The number of benzene rings is 9. The Morgan fingerprint density at radius 1 is 0.389 bits per heavy atom. The van der Waals surface area contributed by atoms with E-state index in [2.05, 4.69) is 208 Å². The van der Waals surface area contributed by atoms with Crippen LogP contribution in [0.3, 0.4) is 0 Å². The smallest absolute Gasteiger partial charge is 0.160 e. The summed E-state index contributed by atoms with van der Waals surface area (Å²) in [5.41, 5.74) is 11.7. The lowest BCUT2D eigenvalue weighted by Gasteiger charge is -2.27. The van der Waals surface area contributed by atoms with Crippen molar-refractivity contribution in [3.05, 3.63) is 200 Å². The molecule has 2 heterocycles. The van der Waals surface area contributed by atoms with Crippen LogP contribution in [-0.4, -0.2) is 4.57 Å². The quantitative estimate of drug-likeness (QED) is 0.156. The van der Waals surface area contributed by atoms with Gasteiger partial charge in [0.25, 0.3) is 0 Å². The number of hydrogen-bond donors (Lipinski definition) is 0. The maximum absolute atomic E-state index is 6.84. The fourth-order valence-corrected chi connectivity index (χ4v) is 8.40. The van der Waals surface area contributed by atoms with Crippen LogP contribution in [0.5, 0.6) is 0 Å². The number of anilines is 6. The summed E-state index contributed by atoms with van der Waals surface area (Å²) in [4.78, 5) is 4.69. The predicted octanol–water partition coefficient (Wildman–Crippen LogP) is 14.2. The molecule has 0 bridgehead atoms. The van der Waals surface area contributed by atoms with Gasteiger partial charge in [-0.15, -0.1) is 0 Å². The molecule has 0 aliphatic carbocycles. The van der Waals surface area contributed by atoms with E-state index >= 15 is 0 Å². The average Bonchev–Trinajstić information content (AvgIpc) is 3.79. The Kier molecular flexibility index (Phi) is 6.82. The zero-order valence-corrected chi connectivity index (χ0v) is 29.3. The van der Waals surface area contributed by atoms with Crippen LogP contribution in [0.2, 0.25) is 0 Å². The molecule has 54 heavy (non-hydrogen) atoms. The number of para-hydroxylation sites is 5. The zero-order chi connectivity index (χ0) is 35.6. The highest BCUT2D eigenvalue weighted by Gasteiger charge is 2.26. The van der Waals surface area contributed by atoms with Crippen LogP contribution in [-0.2, 0) is 0 Å². The molecule has 254 valence electrons. The molecule has 0 radical (unpaired) electrons. The van der Waals surface area contributed by atoms with Crippen LogP contribution in [0, 0.1) is 0 Å². The Hall–Kier alpha value is -7.30. The van der Waals surface area contributed by atoms with Crippen molar-refractivity contribution in [3.8, 4) is 5.69 Å². The van der Waals surface area contributed by atoms with Crippen molar-refractivity contribution in [2.45, 2.75) is 0 Å². The van der Waals surface area contributed by atoms with E-state index in [9.17, 15) is 0 Å². The van der Waals surface area contributed by atoms with E-state index in [-0.39, 0.29) is 0 Å². The van der Waals surface area contributed by atoms with Gasteiger partial charge in [0.1, 0.15) is 5.58 Å². The summed E-state index contributed by atoms with van der Waals surface area (Å²) in [6, 6.07) is 71.2. The highest BCUT2D eigenvalue weighted by atomic mass is 16.3. The van der Waals surface area contributed by atoms with Crippen molar-refractivity contribution in [1.82, 2.24) is 4.57 Å². The highest BCUT2D eigenvalue weighted by molar-refractivity contribution is 6.33. The lowest BCUT2D eigenvalue weighted by molar-refractivity contribution is 0.671. The van der Waals surface area contributed by atoms with Crippen LogP contribution in [0.1, 0.15) is 0 Å². The molecule has 0 N–H and O–H groups in total. The molecule has 11 aromatic rings. The van der Waals surface area contributed by atoms with Crippen LogP contribution in [0.25, 0.3) is 60.2 Å². The molecule has 0 aliphatic rings. The fraction of sp³-hybridized carbons (Fsp3) is 0. The van der Waals surface area contributed by atoms with Gasteiger partial charge in [0.15, 0.2) is 5.58 Å². The van der Waals surface area contributed by atoms with Gasteiger partial charge in [-0.1, -0.05) is 109 Å². The maximum Gasteiger partial charge on any atom is 0.160 e. The Balaban J connectivity index is 1.23. The molecule has 0 unspecified atom stereocenters. The molecule has 0 saturated carbocycles. The van der Waals surface area contributed by atoms with Crippen molar-refractivity contribution in [2.24, 2.45) is 0 Å². The zero-order valence-electron chi connectivity index (χ0n) is 29.3. The molecule has 4 heteroatoms. The first-order valence-corrected chi connectivity index (χ1v) is 18.4. The van der Waals surface area contributed by atoms with E-state index in [4.69, 9.17) is 4.42 Å². The van der Waals surface area contributed by atoms with Crippen molar-refractivity contribution < 1.29 is 4.42 Å². The summed E-state index contributed by atoms with van der Waals surface area (Å²) >= 11 is 0. The molecule has 0 saturated heterocycles. The van der Waals surface area contributed by atoms with Crippen molar-refractivity contribution in [3.63, 3.8) is 0 Å². The first-order chi connectivity index (χ1) is 26.8. The van der Waals surface area contributed by atoms with Gasteiger partial charge in [0, 0.05) is 61.1 Å². The van der Waals surface area contributed by atoms with E-state index < -0.39 is 0 Å². The van der Waals surface area contributed by atoms with Gasteiger partial charge in [-0.3, -0.25) is 0 Å². The molecule has 9 aromatic carbocycles. The molecule has 0 amide bonds. The largest absolute Gasteiger partial charge is 0.454 e. The number of fused-ring (bicyclic) bond motifs is 4. The van der Waals surface area contributed by atoms with Crippen molar-refractivity contribution in [2.75, 3.05) is 9.80 Å². The van der Waals surface area contributed by atoms with E-state index in [1.807, 2.05) is 6.07 Å². The molecule has 0 aliphatic heterocycles. The molecule has 0 spiro atoms. The summed E-state index contributed by atoms with van der Waals surface area (Å²) < 4.78 is 9.27. The van der Waals surface area contributed by atoms with E-state index in [1.165, 1.54) is 21.5 Å². The number of rotatable bonds is 7. The van der Waals surface area contributed by atoms with E-state index in [0.29, 0.717) is 0 Å². The monoisotopic (exact) mass is 691 g/mol. The second-order valence-corrected chi connectivity index (χ2v) is 13.8. The molecular weight excluding hydrogens is 659 g/mol. The SMILES string of the molecule is c1ccc(N(c2ccccc2)c2cccc(-n3c4ccc(N(c5ccccc5)c5ccccc5)c5ccc6cc7c8ccccc8oc7c3c6c54)c2)cc1. The third-order valence-electron chi connectivity index (χ3n) is 10.7. The lowest BCUT2D eigenvalue weighted by Crippen LogP contribution is -2.10. The van der Waals surface area contributed by atoms with Crippen LogP contribution in [0.15, 0.2) is 205 Å². The summed E-state index contributed by atoms with van der Waals surface area (Å²) in [7, 11) is 0. The molecule has 0 fully saturated rings. The predicted molar refractivity (Wildman–Crippen MR) is 226 cm³/mol. The van der Waals surface area contributed by atoms with Crippen molar-refractivity contribution >= 4 is 88.6 Å². The van der Waals surface area contributed by atoms with Gasteiger partial charge < -0.3 is 18.8 Å². The third-order valence-corrected chi connectivity index (χ3v) is 10.7. The summed E-state index contributed by atoms with van der Waals surface area (Å²) in [6.45, 7) is 0. The Labute approximate surface area is 312 Å². The molecular formula is C50H33N3O. The summed E-state index contributed by atoms with van der Waals surface area (Å²) in [5, 5.41) is 7.02. The standard InChI is InChI=1S/C50H33N3O/c1-5-16-35(17-6-1)51(36-18-7-2-8-19-36)39-24-15-25-40(33-39)53-45-31-30-44(52(37-20-9-3-10-21-37)38-22-11-4-12-23-38)42-29-28-34-32-43-41-26-13-14-27-46(41)54-50(43)49(53)47(34)48(42)45/h1-33H. The van der Waals surface area contributed by atoms with E-state index in [0.717, 1.165) is 72.8 Å². The second kappa shape index (κ2) is 12.1. The molecule has 11 rings (SSSR count). The first kappa shape index (κ1) is 30.3. The summed E-state index contributed by atoms with van der Waals surface area (Å²) in [5.74, 6) is 0. The van der Waals surface area contributed by atoms with Gasteiger partial charge >= 0.3 is 0 Å². The van der Waals surface area contributed by atoms with Gasteiger partial charge in [-0.05, 0) is 96.4 Å². The van der Waals surface area contributed by atoms with Gasteiger partial charge in [-0.25, -0.2) is 0 Å². The number of nitrogens with zero attached hydrogens (tertiary/aromatic N) is 3. The number of furan rings is 1. The van der Waals surface area contributed by atoms with Crippen LogP contribution in [0.4, 0.5) is 34.1 Å². The highest BCUT2D eigenvalue weighted by Crippen LogP contribution is 2.49. The topological polar surface area (TPSA) is 24.6 Å². The van der Waals surface area contributed by atoms with Gasteiger partial charge in [0.05, 0.1) is 16.7 Å². The average molecular weight is 692 g/mol. The lowest BCUT2D eigenvalue weighted by atomic mass is 9.98. The fourth-order valence-electron chi connectivity index (χ4n) is 8.40. The number of aromatic nitrogens is 1. The normalized spacial score (nSPS) is 11.7. The Morgan fingerprint density at radius 2 is 0.963 bits per heavy atom. The molecule has 0 atom stereocenters. The van der Waals surface area contributed by atoms with Crippen LogP contribution < -0.4 is 9.80 Å². The van der Waals surface area contributed by atoms with Gasteiger partial charge in [-0.2, -0.15) is 0 Å². The third kappa shape index (κ3) is 4.64. The van der Waals surface area contributed by atoms with Crippen LogP contribution >= 0.6 is 0 Å². The van der Waals surface area contributed by atoms with Gasteiger partial charge in [0.2, 0.25) is 0 Å². The van der Waals surface area contributed by atoms with E-state index in [1.54, 1.807) is 0 Å². The maximum atomic E-state index is 6.84. The first-order valence-electron chi connectivity index (χ1n) is 18.4.